The number of likely N-dealkylation sites (tertiary alicyclic amines) is 1. The van der Waals surface area contributed by atoms with Crippen LogP contribution in [0.2, 0.25) is 0 Å². The van der Waals surface area contributed by atoms with Crippen LogP contribution in [-0.2, 0) is 11.2 Å². The number of hydrogen-bond acceptors (Lipinski definition) is 2. The van der Waals surface area contributed by atoms with E-state index in [4.69, 9.17) is 0 Å². The van der Waals surface area contributed by atoms with Crippen LogP contribution in [0, 0.1) is 6.92 Å². The summed E-state index contributed by atoms with van der Waals surface area (Å²) < 4.78 is 0. The lowest BCUT2D eigenvalue weighted by atomic mass is 10.0. The second kappa shape index (κ2) is 8.94. The zero-order valence-electron chi connectivity index (χ0n) is 14.1. The van der Waals surface area contributed by atoms with Crippen LogP contribution in [0.4, 0.5) is 0 Å². The Balaban J connectivity index is 1.56. The van der Waals surface area contributed by atoms with Crippen LogP contribution in [0.1, 0.15) is 50.2 Å². The molecule has 0 aliphatic carbocycles. The minimum atomic E-state index is 0.173. The van der Waals surface area contributed by atoms with Crippen LogP contribution in [-0.4, -0.2) is 36.5 Å². The molecule has 1 aliphatic rings. The van der Waals surface area contributed by atoms with E-state index in [2.05, 4.69) is 48.3 Å². The second-order valence-electron chi connectivity index (χ2n) is 6.57. The Hall–Kier alpha value is -1.35. The lowest BCUT2D eigenvalue weighted by molar-refractivity contribution is -0.121. The molecule has 1 aromatic carbocycles. The highest BCUT2D eigenvalue weighted by atomic mass is 16.1. The van der Waals surface area contributed by atoms with E-state index in [1.165, 1.54) is 36.9 Å². The number of nitrogens with zero attached hydrogens (tertiary/aromatic N) is 1. The summed E-state index contributed by atoms with van der Waals surface area (Å²) in [5.74, 6) is 0.173. The fourth-order valence-corrected chi connectivity index (χ4v) is 3.10. The molecule has 1 N–H and O–H groups in total. The van der Waals surface area contributed by atoms with Gasteiger partial charge in [0.05, 0.1) is 0 Å². The summed E-state index contributed by atoms with van der Waals surface area (Å²) in [4.78, 5) is 14.4. The zero-order chi connectivity index (χ0) is 15.8. The van der Waals surface area contributed by atoms with Crippen molar-refractivity contribution in [3.8, 4) is 0 Å². The van der Waals surface area contributed by atoms with Gasteiger partial charge in [0.1, 0.15) is 0 Å². The molecule has 1 atom stereocenters. The van der Waals surface area contributed by atoms with Crippen molar-refractivity contribution >= 4 is 5.91 Å². The molecular formula is C19H30N2O. The number of piperidine rings is 1. The van der Waals surface area contributed by atoms with Crippen LogP contribution in [0.25, 0.3) is 0 Å². The molecule has 1 aromatic rings. The third kappa shape index (κ3) is 5.80. The third-order valence-electron chi connectivity index (χ3n) is 4.65. The van der Waals surface area contributed by atoms with Gasteiger partial charge in [0.2, 0.25) is 5.91 Å². The van der Waals surface area contributed by atoms with Crippen LogP contribution >= 0.6 is 0 Å². The van der Waals surface area contributed by atoms with Crippen molar-refractivity contribution in [2.45, 2.75) is 58.4 Å². The number of carbonyl (C=O) groups is 1. The van der Waals surface area contributed by atoms with Crippen molar-refractivity contribution in [2.75, 3.05) is 19.6 Å². The highest BCUT2D eigenvalue weighted by Gasteiger charge is 2.17. The van der Waals surface area contributed by atoms with Gasteiger partial charge in [-0.05, 0) is 51.6 Å². The lowest BCUT2D eigenvalue weighted by Crippen LogP contribution is -2.39. The second-order valence-corrected chi connectivity index (χ2v) is 6.57. The molecule has 1 unspecified atom stereocenters. The van der Waals surface area contributed by atoms with Crippen molar-refractivity contribution in [3.05, 3.63) is 35.4 Å². The van der Waals surface area contributed by atoms with Gasteiger partial charge in [-0.25, -0.2) is 0 Å². The molecule has 22 heavy (non-hydrogen) atoms. The van der Waals surface area contributed by atoms with Gasteiger partial charge in [-0.15, -0.1) is 0 Å². The normalized spacial score (nSPS) is 19.1. The van der Waals surface area contributed by atoms with Gasteiger partial charge in [0, 0.05) is 25.6 Å². The molecule has 0 spiro atoms. The van der Waals surface area contributed by atoms with Crippen LogP contribution in [0.3, 0.4) is 0 Å². The van der Waals surface area contributed by atoms with Crippen molar-refractivity contribution in [2.24, 2.45) is 0 Å². The number of rotatable bonds is 7. The van der Waals surface area contributed by atoms with E-state index in [9.17, 15) is 4.79 Å². The van der Waals surface area contributed by atoms with Crippen LogP contribution in [0.5, 0.6) is 0 Å². The standard InChI is InChI=1S/C19H30N2O/c1-16-7-9-18(10-8-16)11-12-19(22)20-13-5-15-21-14-4-3-6-17(21)2/h7-10,17H,3-6,11-15H2,1-2H3,(H,20,22). The van der Waals surface area contributed by atoms with E-state index in [1.54, 1.807) is 0 Å². The largest absolute Gasteiger partial charge is 0.356 e. The molecule has 1 amide bonds. The SMILES string of the molecule is Cc1ccc(CCC(=O)NCCCN2CCCCC2C)cc1. The summed E-state index contributed by atoms with van der Waals surface area (Å²) in [6.45, 7) is 7.54. The summed E-state index contributed by atoms with van der Waals surface area (Å²) in [6, 6.07) is 9.15. The number of benzene rings is 1. The Labute approximate surface area is 135 Å². The Kier molecular flexibility index (Phi) is 6.91. The van der Waals surface area contributed by atoms with Gasteiger partial charge in [-0.2, -0.15) is 0 Å². The van der Waals surface area contributed by atoms with Crippen LogP contribution < -0.4 is 5.32 Å². The zero-order valence-corrected chi connectivity index (χ0v) is 14.1. The molecule has 1 heterocycles. The minimum Gasteiger partial charge on any atom is -0.356 e. The molecule has 0 saturated carbocycles. The van der Waals surface area contributed by atoms with Crippen molar-refractivity contribution in [3.63, 3.8) is 0 Å². The summed E-state index contributed by atoms with van der Waals surface area (Å²) in [5.41, 5.74) is 2.50. The maximum absolute atomic E-state index is 11.9. The molecular weight excluding hydrogens is 272 g/mol. The number of aryl methyl sites for hydroxylation is 2. The first-order valence-corrected chi connectivity index (χ1v) is 8.71. The van der Waals surface area contributed by atoms with Gasteiger partial charge in [0.25, 0.3) is 0 Å². The van der Waals surface area contributed by atoms with E-state index < -0.39 is 0 Å². The highest BCUT2D eigenvalue weighted by molar-refractivity contribution is 5.76. The number of carbonyl (C=O) groups excluding carboxylic acids is 1. The van der Waals surface area contributed by atoms with Crippen molar-refractivity contribution in [1.82, 2.24) is 10.2 Å². The number of hydrogen-bond donors (Lipinski definition) is 1. The Bertz CT molecular complexity index is 455. The fraction of sp³-hybridized carbons (Fsp3) is 0.632. The Morgan fingerprint density at radius 3 is 2.77 bits per heavy atom. The Morgan fingerprint density at radius 1 is 1.27 bits per heavy atom. The first-order valence-electron chi connectivity index (χ1n) is 8.71. The highest BCUT2D eigenvalue weighted by Crippen LogP contribution is 2.16. The molecule has 0 bridgehead atoms. The summed E-state index contributed by atoms with van der Waals surface area (Å²) in [6.07, 6.45) is 6.49. The minimum absolute atomic E-state index is 0.173. The first-order chi connectivity index (χ1) is 10.6. The van der Waals surface area contributed by atoms with Gasteiger partial charge >= 0.3 is 0 Å². The lowest BCUT2D eigenvalue weighted by Gasteiger charge is -2.33. The van der Waals surface area contributed by atoms with Gasteiger partial charge in [-0.1, -0.05) is 36.2 Å². The quantitative estimate of drug-likeness (QED) is 0.784. The molecule has 3 heteroatoms. The molecule has 0 aromatic heterocycles. The summed E-state index contributed by atoms with van der Waals surface area (Å²) >= 11 is 0. The Morgan fingerprint density at radius 2 is 2.05 bits per heavy atom. The smallest absolute Gasteiger partial charge is 0.220 e. The molecule has 1 saturated heterocycles. The summed E-state index contributed by atoms with van der Waals surface area (Å²) in [5, 5.41) is 3.05. The van der Waals surface area contributed by atoms with Gasteiger partial charge < -0.3 is 10.2 Å². The van der Waals surface area contributed by atoms with Crippen LogP contribution in [0.15, 0.2) is 24.3 Å². The predicted molar refractivity (Wildman–Crippen MR) is 92.0 cm³/mol. The summed E-state index contributed by atoms with van der Waals surface area (Å²) in [7, 11) is 0. The molecule has 2 rings (SSSR count). The van der Waals surface area contributed by atoms with Crippen molar-refractivity contribution < 1.29 is 4.79 Å². The van der Waals surface area contributed by atoms with Crippen molar-refractivity contribution in [1.29, 1.82) is 0 Å². The van der Waals surface area contributed by atoms with E-state index >= 15 is 0 Å². The third-order valence-corrected chi connectivity index (χ3v) is 4.65. The predicted octanol–water partition coefficient (Wildman–Crippen LogP) is 3.31. The fourth-order valence-electron chi connectivity index (χ4n) is 3.10. The monoisotopic (exact) mass is 302 g/mol. The van der Waals surface area contributed by atoms with E-state index in [1.807, 2.05) is 0 Å². The van der Waals surface area contributed by atoms with E-state index in [-0.39, 0.29) is 5.91 Å². The topological polar surface area (TPSA) is 32.3 Å². The van der Waals surface area contributed by atoms with E-state index in [0.29, 0.717) is 12.5 Å². The average Bonchev–Trinajstić information content (AvgIpc) is 2.52. The first kappa shape index (κ1) is 17.0. The van der Waals surface area contributed by atoms with E-state index in [0.717, 1.165) is 25.9 Å². The maximum Gasteiger partial charge on any atom is 0.220 e. The molecule has 1 fully saturated rings. The van der Waals surface area contributed by atoms with Gasteiger partial charge in [-0.3, -0.25) is 4.79 Å². The molecule has 122 valence electrons. The average molecular weight is 302 g/mol. The molecule has 0 radical (unpaired) electrons. The molecule has 3 nitrogen and oxygen atoms in total. The van der Waals surface area contributed by atoms with Gasteiger partial charge in [0.15, 0.2) is 0 Å². The number of amides is 1. The maximum atomic E-state index is 11.9. The molecule has 1 aliphatic heterocycles. The number of nitrogens with one attached hydrogen (secondary N) is 1.